The van der Waals surface area contributed by atoms with Crippen LogP contribution < -0.4 is 21.0 Å². The van der Waals surface area contributed by atoms with Crippen LogP contribution in [-0.2, 0) is 0 Å². The molecule has 3 aromatic rings. The first-order chi connectivity index (χ1) is 10.3. The molecule has 0 N–H and O–H groups in total. The van der Waals surface area contributed by atoms with Gasteiger partial charge in [0.05, 0.1) is 0 Å². The Hall–Kier alpha value is -2.11. The largest absolute Gasteiger partial charge is 0.872 e. The maximum atomic E-state index is 12.4. The minimum atomic E-state index is -0.796. The van der Waals surface area contributed by atoms with Gasteiger partial charge in [0.2, 0.25) is 0 Å². The van der Waals surface area contributed by atoms with E-state index in [2.05, 4.69) is 24.3 Å². The fraction of sp³-hybridized carbons (Fsp3) is 0.0526. The Kier molecular flexibility index (Phi) is 4.03. The third kappa shape index (κ3) is 2.99. The van der Waals surface area contributed by atoms with Crippen molar-refractivity contribution in [1.82, 2.24) is 0 Å². The predicted molar refractivity (Wildman–Crippen MR) is 89.3 cm³/mol. The number of rotatable bonds is 3. The molecule has 0 bridgehead atoms. The first-order valence-corrected chi connectivity index (χ1v) is 8.28. The second-order valence-corrected chi connectivity index (χ2v) is 7.16. The fourth-order valence-electron chi connectivity index (χ4n) is 2.38. The minimum Gasteiger partial charge on any atom is -0.872 e. The Morgan fingerprint density at radius 2 is 1.24 bits per heavy atom. The fourth-order valence-corrected chi connectivity index (χ4v) is 4.81. The van der Waals surface area contributed by atoms with Gasteiger partial charge in [-0.2, -0.15) is 0 Å². The van der Waals surface area contributed by atoms with Gasteiger partial charge in [0.25, 0.3) is 0 Å². The molecule has 1 nitrogen and oxygen atoms in total. The molecule has 0 fully saturated rings. The first kappa shape index (κ1) is 13.9. The summed E-state index contributed by atoms with van der Waals surface area (Å²) in [7, 11) is -0.796. The average molecular weight is 291 g/mol. The summed E-state index contributed by atoms with van der Waals surface area (Å²) in [5, 5.41) is 15.7. The van der Waals surface area contributed by atoms with E-state index in [4.69, 9.17) is 0 Å². The smallest absolute Gasteiger partial charge is 0.0140 e. The van der Waals surface area contributed by atoms with Crippen LogP contribution in [0.2, 0.25) is 0 Å². The zero-order valence-electron chi connectivity index (χ0n) is 11.9. The molecule has 0 aliphatic heterocycles. The van der Waals surface area contributed by atoms with Gasteiger partial charge >= 0.3 is 0 Å². The number of benzene rings is 3. The van der Waals surface area contributed by atoms with Gasteiger partial charge in [-0.3, -0.25) is 0 Å². The van der Waals surface area contributed by atoms with Crippen LogP contribution in [0.1, 0.15) is 5.56 Å². The summed E-state index contributed by atoms with van der Waals surface area (Å²) in [4.78, 5) is 0. The highest BCUT2D eigenvalue weighted by molar-refractivity contribution is 7.80. The third-order valence-corrected chi connectivity index (χ3v) is 5.84. The summed E-state index contributed by atoms with van der Waals surface area (Å²) < 4.78 is 0. The molecule has 0 saturated heterocycles. The van der Waals surface area contributed by atoms with E-state index >= 15 is 0 Å². The molecule has 0 radical (unpaired) electrons. The van der Waals surface area contributed by atoms with Crippen molar-refractivity contribution in [2.45, 2.75) is 6.92 Å². The molecule has 0 aliphatic rings. The molecule has 3 rings (SSSR count). The first-order valence-electron chi connectivity index (χ1n) is 6.93. The number of hydrogen-bond donors (Lipinski definition) is 0. The van der Waals surface area contributed by atoms with Crippen molar-refractivity contribution < 1.29 is 5.11 Å². The van der Waals surface area contributed by atoms with Crippen LogP contribution in [-0.4, -0.2) is 0 Å². The summed E-state index contributed by atoms with van der Waals surface area (Å²) >= 11 is 0. The molecule has 2 heteroatoms. The van der Waals surface area contributed by atoms with E-state index in [-0.39, 0.29) is 5.75 Å². The lowest BCUT2D eigenvalue weighted by atomic mass is 10.2. The molecule has 0 heterocycles. The van der Waals surface area contributed by atoms with Gasteiger partial charge in [0.1, 0.15) is 0 Å². The van der Waals surface area contributed by atoms with E-state index in [0.717, 1.165) is 10.9 Å². The molecule has 0 saturated carbocycles. The van der Waals surface area contributed by atoms with E-state index in [0.29, 0.717) is 0 Å². The van der Waals surface area contributed by atoms with Gasteiger partial charge in [0.15, 0.2) is 0 Å². The third-order valence-electron chi connectivity index (χ3n) is 3.38. The van der Waals surface area contributed by atoms with Gasteiger partial charge in [-0.25, -0.2) is 0 Å². The van der Waals surface area contributed by atoms with E-state index in [1.807, 2.05) is 55.5 Å². The van der Waals surface area contributed by atoms with Crippen LogP contribution in [0.4, 0.5) is 0 Å². The molecule has 0 spiro atoms. The monoisotopic (exact) mass is 291 g/mol. The van der Waals surface area contributed by atoms with Crippen molar-refractivity contribution in [2.24, 2.45) is 0 Å². The lowest BCUT2D eigenvalue weighted by molar-refractivity contribution is -0.266. The lowest BCUT2D eigenvalue weighted by Gasteiger charge is -2.25. The standard InChI is InChI=1S/C19H17OP/c1-15-12-13-18(20)19(14-15)21(16-8-4-2-5-9-16)17-10-6-3-7-11-17/h2-14,20H,1H3/p-1. The van der Waals surface area contributed by atoms with Crippen molar-refractivity contribution in [2.75, 3.05) is 0 Å². The maximum Gasteiger partial charge on any atom is -0.0140 e. The van der Waals surface area contributed by atoms with Crippen LogP contribution in [0.15, 0.2) is 78.9 Å². The second kappa shape index (κ2) is 6.11. The van der Waals surface area contributed by atoms with Crippen molar-refractivity contribution in [3.8, 4) is 5.75 Å². The van der Waals surface area contributed by atoms with Crippen molar-refractivity contribution in [3.05, 3.63) is 84.4 Å². The number of aryl methyl sites for hydroxylation is 1. The second-order valence-electron chi connectivity index (χ2n) is 4.98. The van der Waals surface area contributed by atoms with Gasteiger partial charge in [-0.05, 0) is 30.8 Å². The molecule has 21 heavy (non-hydrogen) atoms. The zero-order chi connectivity index (χ0) is 14.7. The van der Waals surface area contributed by atoms with E-state index in [1.54, 1.807) is 6.07 Å². The van der Waals surface area contributed by atoms with Crippen molar-refractivity contribution in [1.29, 1.82) is 0 Å². The molecule has 0 unspecified atom stereocenters. The quantitative estimate of drug-likeness (QED) is 0.681. The average Bonchev–Trinajstić information content (AvgIpc) is 2.53. The SMILES string of the molecule is Cc1ccc([O-])c(P(c2ccccc2)c2ccccc2)c1. The summed E-state index contributed by atoms with van der Waals surface area (Å²) in [6.45, 7) is 2.03. The summed E-state index contributed by atoms with van der Waals surface area (Å²) in [5.74, 6) is 0.124. The Labute approximate surface area is 126 Å². The van der Waals surface area contributed by atoms with Crippen LogP contribution in [0, 0.1) is 6.92 Å². The zero-order valence-corrected chi connectivity index (χ0v) is 12.8. The number of hydrogen-bond acceptors (Lipinski definition) is 1. The molecule has 0 aromatic heterocycles. The van der Waals surface area contributed by atoms with Crippen LogP contribution >= 0.6 is 7.92 Å². The Morgan fingerprint density at radius 3 is 1.76 bits per heavy atom. The molecular formula is C19H16OP-. The van der Waals surface area contributed by atoms with Gasteiger partial charge in [-0.1, -0.05) is 84.4 Å². The molecule has 3 aromatic carbocycles. The molecule has 0 atom stereocenters. The summed E-state index contributed by atoms with van der Waals surface area (Å²) in [6.07, 6.45) is 0. The molecule has 104 valence electrons. The lowest BCUT2D eigenvalue weighted by Crippen LogP contribution is -2.23. The van der Waals surface area contributed by atoms with Gasteiger partial charge < -0.3 is 5.11 Å². The van der Waals surface area contributed by atoms with Crippen LogP contribution in [0.5, 0.6) is 5.75 Å². The highest BCUT2D eigenvalue weighted by Crippen LogP contribution is 2.35. The summed E-state index contributed by atoms with van der Waals surface area (Å²) in [5.41, 5.74) is 1.13. The van der Waals surface area contributed by atoms with Crippen molar-refractivity contribution in [3.63, 3.8) is 0 Å². The Balaban J connectivity index is 2.20. The topological polar surface area (TPSA) is 23.1 Å². The Bertz CT molecular complexity index is 684. The van der Waals surface area contributed by atoms with Gasteiger partial charge in [0, 0.05) is 0 Å². The van der Waals surface area contributed by atoms with Crippen molar-refractivity contribution >= 4 is 23.8 Å². The molecule has 0 aliphatic carbocycles. The Morgan fingerprint density at radius 1 is 0.714 bits per heavy atom. The molecular weight excluding hydrogens is 275 g/mol. The van der Waals surface area contributed by atoms with Gasteiger partial charge in [-0.15, -0.1) is 5.75 Å². The molecule has 0 amide bonds. The van der Waals surface area contributed by atoms with E-state index in [9.17, 15) is 5.11 Å². The van der Waals surface area contributed by atoms with Crippen LogP contribution in [0.3, 0.4) is 0 Å². The highest BCUT2D eigenvalue weighted by Gasteiger charge is 2.16. The predicted octanol–water partition coefficient (Wildman–Crippen LogP) is 2.83. The van der Waals surface area contributed by atoms with Crippen LogP contribution in [0.25, 0.3) is 0 Å². The maximum absolute atomic E-state index is 12.4. The minimum absolute atomic E-state index is 0.124. The van der Waals surface area contributed by atoms with E-state index < -0.39 is 7.92 Å². The van der Waals surface area contributed by atoms with E-state index in [1.165, 1.54) is 10.6 Å². The normalized spacial score (nSPS) is 10.8. The highest BCUT2D eigenvalue weighted by atomic mass is 31.1. The summed E-state index contributed by atoms with van der Waals surface area (Å²) in [6, 6.07) is 26.2.